The lowest BCUT2D eigenvalue weighted by Gasteiger charge is -2.39. The molecule has 2 aliphatic carbocycles. The molecule has 16 nitrogen and oxygen atoms in total. The smallest absolute Gasteiger partial charge is 0.387 e. The number of carbonyl (C=O) groups is 2. The van der Waals surface area contributed by atoms with Gasteiger partial charge in [-0.25, -0.2) is 19.6 Å². The predicted octanol–water partition coefficient (Wildman–Crippen LogP) is 15.5. The molecule has 4 aromatic carbocycles. The third kappa shape index (κ3) is 11.7. The van der Waals surface area contributed by atoms with Gasteiger partial charge < -0.3 is 48.8 Å². The molecule has 8 heterocycles. The summed E-state index contributed by atoms with van der Waals surface area (Å²) in [6.45, 7) is -4.97. The zero-order chi connectivity index (χ0) is 58.9. The van der Waals surface area contributed by atoms with Crippen molar-refractivity contribution in [3.8, 4) is 34.0 Å². The number of halogens is 8. The van der Waals surface area contributed by atoms with Crippen LogP contribution in [0.15, 0.2) is 69.7 Å². The van der Waals surface area contributed by atoms with Gasteiger partial charge in [-0.15, -0.1) is 0 Å². The van der Waals surface area contributed by atoms with Crippen LogP contribution in [0, 0.1) is 0 Å². The molecule has 2 saturated carbocycles. The SMILES string of the molecule is COC(=O)c1cc(OC(F)F)c2nc(N3C4CCC3CC(NCc3c(-c5c(Cl)cccc5Cl)noc3C3CC3)C4)sc2c1.O=C(O)c1cc(OC(F)F)c2nc(N3C4CCC3CC(NCc3c(-c5c(Cl)cccc5Cl)noc3C3CC3)C4)sc2c1. The topological polar surface area (TPSA) is 190 Å². The maximum absolute atomic E-state index is 13.2. The number of carbonyl (C=O) groups excluding carboxylic acids is 1. The van der Waals surface area contributed by atoms with Crippen LogP contribution in [-0.2, 0) is 17.8 Å². The van der Waals surface area contributed by atoms with Crippen LogP contribution < -0.4 is 29.9 Å². The van der Waals surface area contributed by atoms with Crippen molar-refractivity contribution < 1.29 is 55.5 Å². The van der Waals surface area contributed by atoms with Gasteiger partial charge in [0, 0.05) is 83.4 Å². The Kier molecular flexibility index (Phi) is 16.4. The van der Waals surface area contributed by atoms with E-state index in [-0.39, 0.29) is 64.4 Å². The third-order valence-corrected chi connectivity index (χ3v) is 20.3. The number of alkyl halides is 4. The molecule has 0 spiro atoms. The number of benzene rings is 4. The maximum Gasteiger partial charge on any atom is 0.387 e. The van der Waals surface area contributed by atoms with Crippen molar-refractivity contribution in [1.29, 1.82) is 0 Å². The van der Waals surface area contributed by atoms with E-state index < -0.39 is 25.2 Å². The number of hydrogen-bond acceptors (Lipinski definition) is 17. The van der Waals surface area contributed by atoms with Gasteiger partial charge >= 0.3 is 25.2 Å². The number of esters is 1. The van der Waals surface area contributed by atoms with Crippen LogP contribution in [0.5, 0.6) is 11.5 Å². The number of nitrogens with one attached hydrogen (secondary N) is 2. The number of thiazole rings is 2. The van der Waals surface area contributed by atoms with Gasteiger partial charge in [0.05, 0.1) is 47.7 Å². The van der Waals surface area contributed by atoms with Crippen LogP contribution in [0.2, 0.25) is 20.1 Å². The molecule has 26 heteroatoms. The van der Waals surface area contributed by atoms with E-state index in [1.807, 2.05) is 6.07 Å². The molecule has 4 bridgehead atoms. The van der Waals surface area contributed by atoms with Crippen molar-refractivity contribution in [2.75, 3.05) is 16.9 Å². The average Bonchev–Trinajstić information content (AvgIpc) is 2.04. The molecule has 4 saturated heterocycles. The molecule has 4 aliphatic heterocycles. The van der Waals surface area contributed by atoms with Gasteiger partial charge in [-0.05, 0) is 126 Å². The Morgan fingerprint density at radius 3 is 1.38 bits per heavy atom. The quantitative estimate of drug-likeness (QED) is 0.0543. The lowest BCUT2D eigenvalue weighted by molar-refractivity contribution is -0.0496. The number of carboxylic acids is 1. The standard InChI is InChI=1S/C30H28Cl2F2N4O4S.C29H26Cl2F2N4O4S/c1-40-28(39)15-9-22(41-29(33)34)26-23(10-15)43-30(36-26)38-17-7-8-18(38)12-16(11-17)35-13-19-25(37-42-27(19)14-5-6-14)24-20(31)3-2-4-21(24)32;30-19-2-1-3-20(31)23(19)24-18(26(41-36-24)13-4-5-13)12-34-15-10-16-6-7-17(11-15)37(16)29-35-25-21(40-28(32)33)8-14(27(38)39)9-22(25)42-29/h2-4,9-10,14,16-18,29,35H,5-8,11-13H2,1H3;1-3,8-9,13,15-17,28,34H,4-7,10-12H2,(H,38,39). The van der Waals surface area contributed by atoms with Crippen molar-refractivity contribution in [3.63, 3.8) is 0 Å². The molecule has 14 rings (SSSR count). The lowest BCUT2D eigenvalue weighted by Crippen LogP contribution is -2.49. The minimum Gasteiger partial charge on any atom is -0.478 e. The van der Waals surface area contributed by atoms with Crippen LogP contribution in [0.25, 0.3) is 42.9 Å². The highest BCUT2D eigenvalue weighted by atomic mass is 35.5. The van der Waals surface area contributed by atoms with Gasteiger partial charge in [0.1, 0.15) is 33.9 Å². The van der Waals surface area contributed by atoms with E-state index in [1.165, 1.54) is 41.9 Å². The normalized spacial score (nSPS) is 21.8. The van der Waals surface area contributed by atoms with E-state index >= 15 is 0 Å². The monoisotopic (exact) mass is 1280 g/mol. The molecule has 0 amide bonds. The molecule has 0 radical (unpaired) electrons. The zero-order valence-corrected chi connectivity index (χ0v) is 49.9. The second-order valence-electron chi connectivity index (χ2n) is 22.4. The van der Waals surface area contributed by atoms with Crippen LogP contribution in [0.1, 0.15) is 132 Å². The summed E-state index contributed by atoms with van der Waals surface area (Å²) in [5.74, 6) is 0.343. The number of carboxylic acid groups (broad SMARTS) is 1. The number of anilines is 2. The second kappa shape index (κ2) is 23.9. The Labute approximate surface area is 512 Å². The minimum atomic E-state index is -3.08. The van der Waals surface area contributed by atoms with Gasteiger partial charge in [0.2, 0.25) is 0 Å². The van der Waals surface area contributed by atoms with Crippen molar-refractivity contribution in [2.45, 2.75) is 151 Å². The number of methoxy groups -OCH3 is 1. The number of ether oxygens (including phenoxy) is 3. The summed E-state index contributed by atoms with van der Waals surface area (Å²) in [6, 6.07) is 17.7. The maximum atomic E-state index is 13.2. The third-order valence-electron chi connectivity index (χ3n) is 17.0. The summed E-state index contributed by atoms with van der Waals surface area (Å²) >= 11 is 28.8. The van der Waals surface area contributed by atoms with Crippen LogP contribution in [0.3, 0.4) is 0 Å². The molecule has 4 unspecified atom stereocenters. The second-order valence-corrected chi connectivity index (χ2v) is 26.0. The van der Waals surface area contributed by atoms with Crippen LogP contribution in [-0.4, -0.2) is 93.9 Å². The highest BCUT2D eigenvalue weighted by Crippen LogP contribution is 2.50. The average molecular weight is 1290 g/mol. The summed E-state index contributed by atoms with van der Waals surface area (Å²) in [7, 11) is 1.25. The van der Waals surface area contributed by atoms with Gasteiger partial charge in [-0.3, -0.25) is 0 Å². The summed E-state index contributed by atoms with van der Waals surface area (Å²) in [6.07, 6.45) is 11.8. The fourth-order valence-corrected chi connectivity index (χ4v) is 16.4. The van der Waals surface area contributed by atoms with Gasteiger partial charge in [-0.2, -0.15) is 17.6 Å². The number of hydrogen-bond donors (Lipinski definition) is 3. The van der Waals surface area contributed by atoms with Crippen LogP contribution in [0.4, 0.5) is 27.8 Å². The molecule has 6 aliphatic rings. The molecule has 6 fully saturated rings. The molecule has 4 atom stereocenters. The van der Waals surface area contributed by atoms with E-state index in [2.05, 4.69) is 40.5 Å². The lowest BCUT2D eigenvalue weighted by atomic mass is 9.97. The highest BCUT2D eigenvalue weighted by molar-refractivity contribution is 7.22. The van der Waals surface area contributed by atoms with Crippen molar-refractivity contribution >= 4 is 112 Å². The Morgan fingerprint density at radius 2 is 1.01 bits per heavy atom. The van der Waals surface area contributed by atoms with Crippen molar-refractivity contribution in [2.24, 2.45) is 0 Å². The molecule has 4 aromatic heterocycles. The Bertz CT molecular complexity index is 3790. The molecule has 446 valence electrons. The van der Waals surface area contributed by atoms with E-state index in [0.29, 0.717) is 87.6 Å². The highest BCUT2D eigenvalue weighted by Gasteiger charge is 2.45. The first-order valence-corrected chi connectivity index (χ1v) is 31.2. The van der Waals surface area contributed by atoms with E-state index in [1.54, 1.807) is 36.4 Å². The first-order chi connectivity index (χ1) is 41.1. The molecule has 8 aromatic rings. The van der Waals surface area contributed by atoms with Gasteiger partial charge in [-0.1, -0.05) is 91.5 Å². The van der Waals surface area contributed by atoms with Crippen LogP contribution >= 0.6 is 69.1 Å². The number of aromatic carboxylic acids is 1. The van der Waals surface area contributed by atoms with E-state index in [0.717, 1.165) is 111 Å². The van der Waals surface area contributed by atoms with E-state index in [9.17, 15) is 32.3 Å². The first kappa shape index (κ1) is 58.1. The molecule has 3 N–H and O–H groups in total. The van der Waals surface area contributed by atoms with E-state index in [4.69, 9.17) is 69.9 Å². The number of fused-ring (bicyclic) bond motifs is 6. The summed E-state index contributed by atoms with van der Waals surface area (Å²) < 4.78 is 79.6. The number of nitrogens with zero attached hydrogens (tertiary/aromatic N) is 6. The Morgan fingerprint density at radius 1 is 0.624 bits per heavy atom. The number of piperidine rings is 2. The zero-order valence-electron chi connectivity index (χ0n) is 45.3. The van der Waals surface area contributed by atoms with Crippen molar-refractivity contribution in [1.82, 2.24) is 30.9 Å². The predicted molar refractivity (Wildman–Crippen MR) is 317 cm³/mol. The van der Waals surface area contributed by atoms with Gasteiger partial charge in [0.25, 0.3) is 0 Å². The first-order valence-electron chi connectivity index (χ1n) is 28.1. The number of rotatable bonds is 18. The Balaban J connectivity index is 0.000000158. The minimum absolute atomic E-state index is 0.115. The Hall–Kier alpha value is -5.98. The molecular weight excluding hydrogens is 1230 g/mol. The summed E-state index contributed by atoms with van der Waals surface area (Å²) in [5.41, 5.74) is 5.34. The van der Waals surface area contributed by atoms with Crippen molar-refractivity contribution in [3.05, 3.63) is 115 Å². The number of aromatic nitrogens is 4. The molecule has 85 heavy (non-hydrogen) atoms. The fourth-order valence-electron chi connectivity index (χ4n) is 12.9. The summed E-state index contributed by atoms with van der Waals surface area (Å²) in [4.78, 5) is 37.8. The fraction of sp³-hybridized carbons (Fsp3) is 0.424. The summed E-state index contributed by atoms with van der Waals surface area (Å²) in [5, 5.41) is 29.3. The largest absolute Gasteiger partial charge is 0.478 e. The van der Waals surface area contributed by atoms with Gasteiger partial charge in [0.15, 0.2) is 21.8 Å². The molecular formula is C59H54Cl4F4N8O8S2.